The molecule has 176 valence electrons. The molecule has 0 atom stereocenters. The lowest BCUT2D eigenvalue weighted by Crippen LogP contribution is -2.37. The number of esters is 1. The first-order chi connectivity index (χ1) is 16.7. The van der Waals surface area contributed by atoms with Gasteiger partial charge in [-0.3, -0.25) is 9.88 Å². The summed E-state index contributed by atoms with van der Waals surface area (Å²) in [6.45, 7) is 5.55. The zero-order chi connectivity index (χ0) is 23.3. The molecule has 0 bridgehead atoms. The second kappa shape index (κ2) is 10.3. The lowest BCUT2D eigenvalue weighted by atomic mass is 10.0. The second-order valence-corrected chi connectivity index (χ2v) is 8.81. The van der Waals surface area contributed by atoms with Gasteiger partial charge < -0.3 is 14.8 Å². The molecule has 1 fully saturated rings. The smallest absolute Gasteiger partial charge is 0.337 e. The van der Waals surface area contributed by atoms with Crippen molar-refractivity contribution in [2.24, 2.45) is 0 Å². The van der Waals surface area contributed by atoms with Gasteiger partial charge in [0.25, 0.3) is 0 Å². The van der Waals surface area contributed by atoms with Crippen LogP contribution in [0.15, 0.2) is 48.8 Å². The fourth-order valence-corrected chi connectivity index (χ4v) is 4.80. The maximum Gasteiger partial charge on any atom is 0.337 e. The predicted molar refractivity (Wildman–Crippen MR) is 131 cm³/mol. The number of benzene rings is 1. The number of nitrogens with zero attached hydrogens (tertiary/aromatic N) is 3. The Morgan fingerprint density at radius 3 is 2.85 bits per heavy atom. The lowest BCUT2D eigenvalue weighted by Gasteiger charge is -2.26. The summed E-state index contributed by atoms with van der Waals surface area (Å²) in [7, 11) is 1.41. The van der Waals surface area contributed by atoms with Crippen LogP contribution in [0.2, 0.25) is 0 Å². The van der Waals surface area contributed by atoms with Crippen LogP contribution in [0.25, 0.3) is 11.1 Å². The van der Waals surface area contributed by atoms with Crippen molar-refractivity contribution in [3.8, 4) is 11.1 Å². The molecule has 0 saturated carbocycles. The monoisotopic (exact) mass is 458 g/mol. The number of nitrogens with one attached hydrogen (secondary N) is 1. The number of methoxy groups -OCH3 is 1. The zero-order valence-electron chi connectivity index (χ0n) is 19.5. The molecule has 0 unspecified atom stereocenters. The summed E-state index contributed by atoms with van der Waals surface area (Å²) in [5, 5.41) is 3.62. The number of hydrogen-bond donors (Lipinski definition) is 1. The number of pyridine rings is 2. The lowest BCUT2D eigenvalue weighted by molar-refractivity contribution is 0.0378. The van der Waals surface area contributed by atoms with Gasteiger partial charge in [0.05, 0.1) is 25.9 Å². The van der Waals surface area contributed by atoms with Crippen LogP contribution >= 0.6 is 0 Å². The van der Waals surface area contributed by atoms with Crippen molar-refractivity contribution in [3.05, 3.63) is 76.7 Å². The molecule has 3 aromatic rings. The first kappa shape index (κ1) is 22.5. The van der Waals surface area contributed by atoms with Gasteiger partial charge in [0.2, 0.25) is 0 Å². The standard InChI is InChI=1S/C27H30N4O3/c1-33-27(32)20-5-6-24-21(15-20)16-22-17-23(14-19-4-2-7-28-18-19)30-26(25(22)24)29-8-3-9-31-10-12-34-13-11-31/h2,4-7,15,17-18H,3,8-14,16H2,1H3,(H,29,30). The van der Waals surface area contributed by atoms with E-state index in [-0.39, 0.29) is 5.97 Å². The Hall–Kier alpha value is -3.29. The van der Waals surface area contributed by atoms with Gasteiger partial charge in [-0.2, -0.15) is 0 Å². The summed E-state index contributed by atoms with van der Waals surface area (Å²) in [5.41, 5.74) is 7.39. The molecule has 0 radical (unpaired) electrons. The Morgan fingerprint density at radius 2 is 2.06 bits per heavy atom. The van der Waals surface area contributed by atoms with Crippen molar-refractivity contribution in [2.75, 3.05) is 51.8 Å². The number of aromatic nitrogens is 2. The highest BCUT2D eigenvalue weighted by Gasteiger charge is 2.25. The molecule has 0 amide bonds. The molecular weight excluding hydrogens is 428 g/mol. The fraction of sp³-hybridized carbons (Fsp3) is 0.370. The summed E-state index contributed by atoms with van der Waals surface area (Å²) in [5.74, 6) is 0.610. The summed E-state index contributed by atoms with van der Waals surface area (Å²) in [4.78, 5) is 23.8. The van der Waals surface area contributed by atoms with Crippen molar-refractivity contribution < 1.29 is 14.3 Å². The number of hydrogen-bond acceptors (Lipinski definition) is 7. The van der Waals surface area contributed by atoms with Crippen LogP contribution < -0.4 is 5.32 Å². The van der Waals surface area contributed by atoms with E-state index >= 15 is 0 Å². The van der Waals surface area contributed by atoms with Crippen molar-refractivity contribution in [1.29, 1.82) is 0 Å². The topological polar surface area (TPSA) is 76.6 Å². The van der Waals surface area contributed by atoms with Gasteiger partial charge in [-0.15, -0.1) is 0 Å². The van der Waals surface area contributed by atoms with Gasteiger partial charge >= 0.3 is 5.97 Å². The van der Waals surface area contributed by atoms with Crippen molar-refractivity contribution in [2.45, 2.75) is 19.3 Å². The molecule has 2 aliphatic rings. The Kier molecular flexibility index (Phi) is 6.83. The second-order valence-electron chi connectivity index (χ2n) is 8.81. The summed E-state index contributed by atoms with van der Waals surface area (Å²) >= 11 is 0. The van der Waals surface area contributed by atoms with Gasteiger partial charge in [-0.05, 0) is 65.9 Å². The summed E-state index contributed by atoms with van der Waals surface area (Å²) in [6.07, 6.45) is 6.23. The predicted octanol–water partition coefficient (Wildman–Crippen LogP) is 3.56. The molecule has 1 aliphatic heterocycles. The molecule has 1 N–H and O–H groups in total. The maximum absolute atomic E-state index is 12.1. The molecule has 0 spiro atoms. The first-order valence-electron chi connectivity index (χ1n) is 11.9. The van der Waals surface area contributed by atoms with Gasteiger partial charge in [0, 0.05) is 49.7 Å². The Balaban J connectivity index is 1.39. The number of carbonyl (C=O) groups is 1. The van der Waals surface area contributed by atoms with Crippen LogP contribution in [0.3, 0.4) is 0 Å². The minimum atomic E-state index is -0.310. The maximum atomic E-state index is 12.1. The largest absolute Gasteiger partial charge is 0.465 e. The van der Waals surface area contributed by atoms with Crippen molar-refractivity contribution >= 4 is 11.8 Å². The van der Waals surface area contributed by atoms with Crippen LogP contribution in [0.4, 0.5) is 5.82 Å². The highest BCUT2D eigenvalue weighted by molar-refractivity contribution is 5.93. The molecule has 1 saturated heterocycles. The van der Waals surface area contributed by atoms with E-state index in [1.807, 2.05) is 30.5 Å². The molecule has 2 aromatic heterocycles. The third-order valence-electron chi connectivity index (χ3n) is 6.49. The molecule has 1 aliphatic carbocycles. The van der Waals surface area contributed by atoms with E-state index in [1.54, 1.807) is 6.20 Å². The molecule has 1 aromatic carbocycles. The third kappa shape index (κ3) is 4.95. The number of rotatable bonds is 8. The number of morpholine rings is 1. The minimum absolute atomic E-state index is 0.310. The van der Waals surface area contributed by atoms with E-state index < -0.39 is 0 Å². The highest BCUT2D eigenvalue weighted by atomic mass is 16.5. The molecule has 7 nitrogen and oxygen atoms in total. The van der Waals surface area contributed by atoms with E-state index in [0.29, 0.717) is 5.56 Å². The molecule has 34 heavy (non-hydrogen) atoms. The Labute approximate surface area is 200 Å². The van der Waals surface area contributed by atoms with E-state index in [1.165, 1.54) is 12.7 Å². The van der Waals surface area contributed by atoms with Gasteiger partial charge in [-0.1, -0.05) is 12.1 Å². The van der Waals surface area contributed by atoms with Gasteiger partial charge in [-0.25, -0.2) is 9.78 Å². The number of ether oxygens (including phenoxy) is 2. The average molecular weight is 459 g/mol. The summed E-state index contributed by atoms with van der Waals surface area (Å²) in [6, 6.07) is 12.0. The minimum Gasteiger partial charge on any atom is -0.465 e. The molecule has 3 heterocycles. The molecular formula is C27H30N4O3. The Bertz CT molecular complexity index is 1160. The van der Waals surface area contributed by atoms with E-state index in [0.717, 1.165) is 92.4 Å². The zero-order valence-corrected chi connectivity index (χ0v) is 19.5. The first-order valence-corrected chi connectivity index (χ1v) is 11.9. The van der Waals surface area contributed by atoms with Crippen molar-refractivity contribution in [3.63, 3.8) is 0 Å². The van der Waals surface area contributed by atoms with Gasteiger partial charge in [0.1, 0.15) is 5.82 Å². The fourth-order valence-electron chi connectivity index (χ4n) is 4.80. The molecule has 7 heteroatoms. The van der Waals surface area contributed by atoms with E-state index in [4.69, 9.17) is 14.5 Å². The molecule has 5 rings (SSSR count). The third-order valence-corrected chi connectivity index (χ3v) is 6.49. The van der Waals surface area contributed by atoms with Crippen molar-refractivity contribution in [1.82, 2.24) is 14.9 Å². The SMILES string of the molecule is COC(=O)c1ccc2c(c1)Cc1cc(Cc3cccnc3)nc(NCCCN3CCOCC3)c1-2. The average Bonchev–Trinajstić information content (AvgIpc) is 3.25. The quantitative estimate of drug-likeness (QED) is 0.320. The van der Waals surface area contributed by atoms with Crippen LogP contribution in [-0.2, 0) is 22.3 Å². The normalized spacial score (nSPS) is 15.0. The Morgan fingerprint density at radius 1 is 1.18 bits per heavy atom. The highest BCUT2D eigenvalue weighted by Crippen LogP contribution is 2.41. The van der Waals surface area contributed by atoms with Crippen LogP contribution in [0, 0.1) is 0 Å². The van der Waals surface area contributed by atoms with E-state index in [2.05, 4.69) is 27.3 Å². The summed E-state index contributed by atoms with van der Waals surface area (Å²) < 4.78 is 10.4. The number of fused-ring (bicyclic) bond motifs is 3. The van der Waals surface area contributed by atoms with Crippen LogP contribution in [0.5, 0.6) is 0 Å². The number of anilines is 1. The number of carbonyl (C=O) groups excluding carboxylic acids is 1. The van der Waals surface area contributed by atoms with E-state index in [9.17, 15) is 4.79 Å². The van der Waals surface area contributed by atoms with Gasteiger partial charge in [0.15, 0.2) is 0 Å². The van der Waals surface area contributed by atoms with Crippen LogP contribution in [-0.4, -0.2) is 67.3 Å². The van der Waals surface area contributed by atoms with Crippen LogP contribution in [0.1, 0.15) is 39.2 Å².